The Kier molecular flexibility index (Phi) is 4.78. The van der Waals surface area contributed by atoms with Gasteiger partial charge in [0.2, 0.25) is 4.82 Å². The zero-order valence-corrected chi connectivity index (χ0v) is 8.91. The smallest absolute Gasteiger partial charge is 0.207 e. The second-order valence-electron chi connectivity index (χ2n) is 1.77. The van der Waals surface area contributed by atoms with Crippen molar-refractivity contribution in [3.63, 3.8) is 0 Å². The number of rotatable bonds is 3. The zero-order valence-electron chi connectivity index (χ0n) is 5.63. The van der Waals surface area contributed by atoms with Gasteiger partial charge in [0.25, 0.3) is 0 Å². The molecule has 0 aromatic heterocycles. The molecule has 0 heterocycles. The topological polar surface area (TPSA) is 9.23 Å². The fourth-order valence-corrected chi connectivity index (χ4v) is 5.64. The van der Waals surface area contributed by atoms with Crippen molar-refractivity contribution >= 4 is 39.2 Å². The van der Waals surface area contributed by atoms with E-state index in [0.717, 1.165) is 0 Å². The maximum atomic E-state index is 5.78. The van der Waals surface area contributed by atoms with Crippen molar-refractivity contribution in [3.8, 4) is 0 Å². The molecule has 1 atom stereocenters. The lowest BCUT2D eigenvalue weighted by atomic mass is 10.6. The molecule has 0 aromatic rings. The van der Waals surface area contributed by atoms with Crippen LogP contribution in [0.3, 0.4) is 0 Å². The molecule has 0 aliphatic heterocycles. The van der Waals surface area contributed by atoms with Crippen molar-refractivity contribution in [2.75, 3.05) is 7.11 Å². The van der Waals surface area contributed by atoms with Gasteiger partial charge < -0.3 is 4.52 Å². The molecule has 9 heavy (non-hydrogen) atoms. The fourth-order valence-electron chi connectivity index (χ4n) is 0.295. The highest BCUT2D eigenvalue weighted by molar-refractivity contribution is 8.76. The summed E-state index contributed by atoms with van der Waals surface area (Å²) in [7, 11) is 1.56. The minimum atomic E-state index is -2.01. The first-order valence-electron chi connectivity index (χ1n) is 2.52. The maximum absolute atomic E-state index is 5.78. The van der Waals surface area contributed by atoms with Crippen LogP contribution in [0.5, 0.6) is 0 Å². The summed E-state index contributed by atoms with van der Waals surface area (Å²) in [5.74, 6) is 0. The molecule has 0 N–H and O–H groups in total. The molecule has 0 spiro atoms. The highest BCUT2D eigenvalue weighted by Crippen LogP contribution is 2.65. The third-order valence-electron chi connectivity index (χ3n) is 0.555. The quantitative estimate of drug-likeness (QED) is 0.654. The van der Waals surface area contributed by atoms with Gasteiger partial charge in [0.05, 0.1) is 0 Å². The predicted molar refractivity (Wildman–Crippen MR) is 49.9 cm³/mol. The molecule has 0 radical (unpaired) electrons. The maximum Gasteiger partial charge on any atom is 0.207 e. The van der Waals surface area contributed by atoms with Crippen LogP contribution in [-0.2, 0) is 16.3 Å². The Hall–Kier alpha value is 1.25. The Morgan fingerprint density at radius 2 is 2.11 bits per heavy atom. The third kappa shape index (κ3) is 5.68. The van der Waals surface area contributed by atoms with Crippen LogP contribution >= 0.6 is 27.4 Å². The summed E-state index contributed by atoms with van der Waals surface area (Å²) in [5.41, 5.74) is 0. The molecule has 0 fully saturated rings. The van der Waals surface area contributed by atoms with E-state index in [0.29, 0.717) is 5.25 Å². The Bertz CT molecular complexity index is 128. The van der Waals surface area contributed by atoms with E-state index >= 15 is 0 Å². The van der Waals surface area contributed by atoms with Gasteiger partial charge in [-0.3, -0.25) is 0 Å². The van der Waals surface area contributed by atoms with Crippen LogP contribution in [0, 0.1) is 0 Å². The molecule has 0 rings (SSSR count). The first kappa shape index (κ1) is 10.2. The second kappa shape index (κ2) is 4.20. The first-order valence-corrected chi connectivity index (χ1v) is 7.63. The van der Waals surface area contributed by atoms with Gasteiger partial charge >= 0.3 is 0 Å². The minimum Gasteiger partial charge on any atom is -0.334 e. The number of hydrogen-bond acceptors (Lipinski definition) is 3. The molecule has 56 valence electrons. The van der Waals surface area contributed by atoms with Crippen LogP contribution in [0.15, 0.2) is 0 Å². The van der Waals surface area contributed by atoms with Crippen LogP contribution in [0.4, 0.5) is 0 Å². The van der Waals surface area contributed by atoms with Gasteiger partial charge in [-0.1, -0.05) is 25.2 Å². The Balaban J connectivity index is 3.73. The van der Waals surface area contributed by atoms with Crippen LogP contribution in [0.1, 0.15) is 13.8 Å². The molecule has 1 unspecified atom stereocenters. The molecule has 0 aliphatic rings. The average Bonchev–Trinajstić information content (AvgIpc) is 1.63. The monoisotopic (exact) mass is 204 g/mol. The highest BCUT2D eigenvalue weighted by Gasteiger charge is 2.13. The highest BCUT2D eigenvalue weighted by atomic mass is 35.7. The second-order valence-corrected chi connectivity index (χ2v) is 11.2. The van der Waals surface area contributed by atoms with Crippen molar-refractivity contribution in [2.24, 2.45) is 0 Å². The van der Waals surface area contributed by atoms with E-state index in [4.69, 9.17) is 27.6 Å². The van der Waals surface area contributed by atoms with Crippen molar-refractivity contribution in [1.29, 1.82) is 0 Å². The van der Waals surface area contributed by atoms with E-state index in [1.54, 1.807) is 7.11 Å². The van der Waals surface area contributed by atoms with Gasteiger partial charge in [-0.2, -0.15) is 0 Å². The Morgan fingerprint density at radius 1 is 1.67 bits per heavy atom. The molecule has 0 amide bonds. The minimum absolute atomic E-state index is 0.452. The molecule has 0 bridgehead atoms. The van der Waals surface area contributed by atoms with Crippen molar-refractivity contribution in [2.45, 2.75) is 19.1 Å². The first-order chi connectivity index (χ1) is 3.98. The Labute approximate surface area is 70.1 Å². The van der Waals surface area contributed by atoms with Gasteiger partial charge in [0.15, 0.2) is 0 Å². The molecular formula is C4H10ClOPS2. The number of hydrogen-bond donors (Lipinski definition) is 0. The molecule has 0 aromatic carbocycles. The number of halogens is 1. The molecule has 0 saturated carbocycles. The van der Waals surface area contributed by atoms with Crippen molar-refractivity contribution in [1.82, 2.24) is 0 Å². The lowest BCUT2D eigenvalue weighted by Gasteiger charge is -2.12. The summed E-state index contributed by atoms with van der Waals surface area (Å²) in [5, 5.41) is 0.452. The standard InChI is InChI=1S/C4H10ClOPS2/c1-4(2)9-7(5,8)6-3/h4H,1-3H3. The van der Waals surface area contributed by atoms with Crippen LogP contribution in [0.25, 0.3) is 0 Å². The summed E-state index contributed by atoms with van der Waals surface area (Å²) in [4.78, 5) is -2.01. The predicted octanol–water partition coefficient (Wildman–Crippen LogP) is 3.24. The van der Waals surface area contributed by atoms with Crippen LogP contribution < -0.4 is 0 Å². The van der Waals surface area contributed by atoms with E-state index in [1.165, 1.54) is 11.4 Å². The normalized spacial score (nSPS) is 17.9. The average molecular weight is 205 g/mol. The van der Waals surface area contributed by atoms with Crippen LogP contribution in [-0.4, -0.2) is 12.4 Å². The largest absolute Gasteiger partial charge is 0.334 e. The lowest BCUT2D eigenvalue weighted by molar-refractivity contribution is 0.479. The van der Waals surface area contributed by atoms with Gasteiger partial charge in [0, 0.05) is 12.4 Å². The third-order valence-corrected chi connectivity index (χ3v) is 6.48. The fraction of sp³-hybridized carbons (Fsp3) is 1.00. The lowest BCUT2D eigenvalue weighted by Crippen LogP contribution is -1.83. The van der Waals surface area contributed by atoms with Crippen molar-refractivity contribution in [3.05, 3.63) is 0 Å². The van der Waals surface area contributed by atoms with E-state index < -0.39 is 4.82 Å². The van der Waals surface area contributed by atoms with E-state index in [-0.39, 0.29) is 0 Å². The van der Waals surface area contributed by atoms with E-state index in [2.05, 4.69) is 0 Å². The summed E-state index contributed by atoms with van der Waals surface area (Å²) >= 11 is 12.2. The Morgan fingerprint density at radius 3 is 2.22 bits per heavy atom. The molecule has 0 saturated heterocycles. The van der Waals surface area contributed by atoms with E-state index in [1.807, 2.05) is 13.8 Å². The molecular weight excluding hydrogens is 195 g/mol. The SMILES string of the molecule is COP(=S)(Cl)SC(C)C. The summed E-state index contributed by atoms with van der Waals surface area (Å²) in [6.07, 6.45) is 0. The van der Waals surface area contributed by atoms with Crippen LogP contribution in [0.2, 0.25) is 0 Å². The van der Waals surface area contributed by atoms with Gasteiger partial charge in [-0.15, -0.1) is 0 Å². The van der Waals surface area contributed by atoms with Gasteiger partial charge in [0.1, 0.15) is 0 Å². The molecule has 1 nitrogen and oxygen atoms in total. The zero-order chi connectivity index (χ0) is 7.49. The van der Waals surface area contributed by atoms with Gasteiger partial charge in [-0.25, -0.2) is 0 Å². The van der Waals surface area contributed by atoms with Gasteiger partial charge in [-0.05, 0) is 23.0 Å². The van der Waals surface area contributed by atoms with E-state index in [9.17, 15) is 0 Å². The molecule has 5 heteroatoms. The summed E-state index contributed by atoms with van der Waals surface area (Å²) < 4.78 is 4.90. The van der Waals surface area contributed by atoms with Crippen molar-refractivity contribution < 1.29 is 4.52 Å². The summed E-state index contributed by atoms with van der Waals surface area (Å²) in [6.45, 7) is 4.10. The molecule has 0 aliphatic carbocycles. The summed E-state index contributed by atoms with van der Waals surface area (Å²) in [6, 6.07) is 0.